The van der Waals surface area contributed by atoms with Crippen molar-refractivity contribution in [3.63, 3.8) is 0 Å². The van der Waals surface area contributed by atoms with Crippen LogP contribution in [0.1, 0.15) is 44.2 Å². The number of carbonyl (C=O) groups is 1. The van der Waals surface area contributed by atoms with E-state index < -0.39 is 31.4 Å². The van der Waals surface area contributed by atoms with Gasteiger partial charge in [0.05, 0.1) is 11.1 Å². The molecule has 0 aliphatic carbocycles. The lowest BCUT2D eigenvalue weighted by molar-refractivity contribution is 0.0750. The molecule has 45 heavy (non-hydrogen) atoms. The summed E-state index contributed by atoms with van der Waals surface area (Å²) < 4.78 is 7.44. The SMILES string of the molecule is C[Si](C)(C)CCOCn1cc(CCc2ccccc2)c(=O)c(C(=O)NCC(O)C2c3ccccc3CSc3c(Cl)cccc32)n1. The van der Waals surface area contributed by atoms with Crippen LogP contribution in [0, 0.1) is 0 Å². The monoisotopic (exact) mass is 661 g/mol. The number of nitrogens with one attached hydrogen (secondary N) is 1. The Bertz CT molecular complexity index is 1690. The number of hydrogen-bond donors (Lipinski definition) is 2. The quantitative estimate of drug-likeness (QED) is 0.133. The number of rotatable bonds is 12. The van der Waals surface area contributed by atoms with E-state index in [0.29, 0.717) is 30.0 Å². The van der Waals surface area contributed by atoms with Crippen molar-refractivity contribution in [2.75, 3.05) is 13.2 Å². The third-order valence-corrected chi connectivity index (χ3v) is 11.3. The predicted octanol–water partition coefficient (Wildman–Crippen LogP) is 6.52. The highest BCUT2D eigenvalue weighted by Gasteiger charge is 2.31. The Labute approximate surface area is 275 Å². The van der Waals surface area contributed by atoms with Gasteiger partial charge in [-0.05, 0) is 47.2 Å². The third-order valence-electron chi connectivity index (χ3n) is 7.95. The summed E-state index contributed by atoms with van der Waals surface area (Å²) in [5.74, 6) is -0.312. The van der Waals surface area contributed by atoms with Crippen LogP contribution in [0.2, 0.25) is 30.7 Å². The van der Waals surface area contributed by atoms with Gasteiger partial charge in [-0.15, -0.1) is 11.8 Å². The Kier molecular flexibility index (Phi) is 11.0. The summed E-state index contributed by atoms with van der Waals surface area (Å²) in [5, 5.41) is 19.4. The number of aryl methyl sites for hydroxylation is 2. The second-order valence-electron chi connectivity index (χ2n) is 12.6. The molecule has 2 N–H and O–H groups in total. The number of carbonyl (C=O) groups excluding carboxylic acids is 1. The molecule has 236 valence electrons. The largest absolute Gasteiger partial charge is 0.390 e. The minimum Gasteiger partial charge on any atom is -0.390 e. The van der Waals surface area contributed by atoms with Crippen molar-refractivity contribution in [2.24, 2.45) is 0 Å². The molecule has 1 aromatic heterocycles. The Morgan fingerprint density at radius 1 is 1.07 bits per heavy atom. The highest BCUT2D eigenvalue weighted by Crippen LogP contribution is 2.44. The van der Waals surface area contributed by atoms with Gasteiger partial charge in [-0.25, -0.2) is 4.68 Å². The lowest BCUT2D eigenvalue weighted by Gasteiger charge is -2.26. The molecular formula is C35H40ClN3O4SSi. The van der Waals surface area contributed by atoms with Gasteiger partial charge in [0.25, 0.3) is 5.91 Å². The molecule has 7 nitrogen and oxygen atoms in total. The van der Waals surface area contributed by atoms with Crippen molar-refractivity contribution in [3.8, 4) is 0 Å². The summed E-state index contributed by atoms with van der Waals surface area (Å²) in [6.07, 6.45) is 1.82. The number of aliphatic hydroxyl groups is 1. The molecule has 0 fully saturated rings. The lowest BCUT2D eigenvalue weighted by Crippen LogP contribution is -2.39. The average Bonchev–Trinajstić information content (AvgIpc) is 3.19. The molecule has 10 heteroatoms. The molecule has 2 heterocycles. The van der Waals surface area contributed by atoms with E-state index in [0.717, 1.165) is 38.9 Å². The first-order chi connectivity index (χ1) is 21.6. The van der Waals surface area contributed by atoms with Crippen molar-refractivity contribution in [1.82, 2.24) is 15.1 Å². The van der Waals surface area contributed by atoms with E-state index in [-0.39, 0.29) is 19.0 Å². The second-order valence-corrected chi connectivity index (χ2v) is 19.6. The number of fused-ring (bicyclic) bond motifs is 2. The fraction of sp³-hybridized carbons (Fsp3) is 0.343. The molecule has 0 spiro atoms. The maximum absolute atomic E-state index is 13.6. The standard InChI is InChI=1S/C35H40ClN3O4SSi/c1-45(2,3)19-18-43-23-39-21-25(17-16-24-10-5-4-6-11-24)33(41)32(38-39)35(42)37-20-30(40)31-27-13-8-7-12-26(27)22-44-34-28(31)14-9-15-29(34)36/h4-15,21,30-31,40H,16-20,22-23H2,1-3H3,(H,37,42). The highest BCUT2D eigenvalue weighted by atomic mass is 35.5. The Morgan fingerprint density at radius 2 is 1.80 bits per heavy atom. The zero-order chi connectivity index (χ0) is 32.0. The molecule has 0 saturated carbocycles. The first-order valence-electron chi connectivity index (χ1n) is 15.3. The normalized spacial score (nSPS) is 15.1. The van der Waals surface area contributed by atoms with Crippen LogP contribution in [0.5, 0.6) is 0 Å². The van der Waals surface area contributed by atoms with Crippen LogP contribution in [-0.4, -0.2) is 48.1 Å². The fourth-order valence-electron chi connectivity index (χ4n) is 5.47. The van der Waals surface area contributed by atoms with Gasteiger partial charge in [0, 0.05) is 49.6 Å². The summed E-state index contributed by atoms with van der Waals surface area (Å²) in [4.78, 5) is 28.0. The van der Waals surface area contributed by atoms with E-state index in [1.807, 2.05) is 66.7 Å². The van der Waals surface area contributed by atoms with Gasteiger partial charge in [0.15, 0.2) is 5.69 Å². The van der Waals surface area contributed by atoms with E-state index in [9.17, 15) is 14.7 Å². The van der Waals surface area contributed by atoms with Crippen LogP contribution >= 0.6 is 23.4 Å². The van der Waals surface area contributed by atoms with E-state index in [1.165, 1.54) is 4.68 Å². The minimum atomic E-state index is -1.28. The topological polar surface area (TPSA) is 93.5 Å². The first kappa shape index (κ1) is 33.2. The van der Waals surface area contributed by atoms with E-state index in [2.05, 4.69) is 36.1 Å². The van der Waals surface area contributed by atoms with Crippen molar-refractivity contribution in [1.29, 1.82) is 0 Å². The van der Waals surface area contributed by atoms with Crippen LogP contribution in [-0.2, 0) is 30.1 Å². The number of halogens is 1. The number of nitrogens with zero attached hydrogens (tertiary/aromatic N) is 2. The van der Waals surface area contributed by atoms with Crippen molar-refractivity contribution >= 4 is 37.3 Å². The molecule has 0 bridgehead atoms. The zero-order valence-electron chi connectivity index (χ0n) is 26.0. The maximum atomic E-state index is 13.6. The molecular weight excluding hydrogens is 622 g/mol. The number of benzene rings is 3. The van der Waals surface area contributed by atoms with Crippen LogP contribution in [0.4, 0.5) is 0 Å². The summed E-state index contributed by atoms with van der Waals surface area (Å²) >= 11 is 8.23. The van der Waals surface area contributed by atoms with Gasteiger partial charge in [-0.3, -0.25) is 9.59 Å². The summed E-state index contributed by atoms with van der Waals surface area (Å²) in [6, 6.07) is 24.6. The van der Waals surface area contributed by atoms with Crippen LogP contribution in [0.15, 0.2) is 88.7 Å². The van der Waals surface area contributed by atoms with Crippen LogP contribution in [0.3, 0.4) is 0 Å². The Balaban J connectivity index is 1.37. The summed E-state index contributed by atoms with van der Waals surface area (Å²) in [7, 11) is -1.28. The molecule has 2 unspecified atom stereocenters. The average molecular weight is 662 g/mol. The Hall–Kier alpha value is -3.21. The summed E-state index contributed by atoms with van der Waals surface area (Å²) in [6.45, 7) is 7.50. The number of thioether (sulfide) groups is 1. The number of hydrogen-bond acceptors (Lipinski definition) is 6. The molecule has 3 aromatic carbocycles. The number of ether oxygens (including phenoxy) is 1. The Morgan fingerprint density at radius 3 is 2.58 bits per heavy atom. The van der Waals surface area contributed by atoms with Gasteiger partial charge >= 0.3 is 0 Å². The third kappa shape index (κ3) is 8.54. The second kappa shape index (κ2) is 14.9. The first-order valence-corrected chi connectivity index (χ1v) is 20.4. The maximum Gasteiger partial charge on any atom is 0.275 e. The molecule has 0 saturated heterocycles. The van der Waals surface area contributed by atoms with Gasteiger partial charge in [-0.2, -0.15) is 5.10 Å². The van der Waals surface area contributed by atoms with E-state index >= 15 is 0 Å². The molecule has 0 radical (unpaired) electrons. The van der Waals surface area contributed by atoms with E-state index in [4.69, 9.17) is 16.3 Å². The van der Waals surface area contributed by atoms with Crippen LogP contribution < -0.4 is 10.7 Å². The molecule has 4 aromatic rings. The molecule has 5 rings (SSSR count). The minimum absolute atomic E-state index is 0.0729. The van der Waals surface area contributed by atoms with Gasteiger partial charge in [-0.1, -0.05) is 98.0 Å². The highest BCUT2D eigenvalue weighted by molar-refractivity contribution is 7.98. The molecule has 2 atom stereocenters. The number of aromatic nitrogens is 2. The predicted molar refractivity (Wildman–Crippen MR) is 184 cm³/mol. The van der Waals surface area contributed by atoms with Gasteiger partial charge < -0.3 is 15.2 Å². The molecule has 1 aliphatic rings. The summed E-state index contributed by atoms with van der Waals surface area (Å²) in [5.41, 5.74) is 3.99. The van der Waals surface area contributed by atoms with Crippen molar-refractivity contribution in [3.05, 3.63) is 128 Å². The van der Waals surface area contributed by atoms with Crippen molar-refractivity contribution in [2.45, 2.75) is 67.9 Å². The zero-order valence-corrected chi connectivity index (χ0v) is 28.5. The number of amides is 1. The lowest BCUT2D eigenvalue weighted by atomic mass is 9.84. The molecule has 1 aliphatic heterocycles. The number of aliphatic hydroxyl groups excluding tert-OH is 1. The van der Waals surface area contributed by atoms with Gasteiger partial charge in [0.1, 0.15) is 6.73 Å². The van der Waals surface area contributed by atoms with Crippen LogP contribution in [0.25, 0.3) is 0 Å². The van der Waals surface area contributed by atoms with E-state index in [1.54, 1.807) is 18.0 Å². The van der Waals surface area contributed by atoms with Gasteiger partial charge in [0.2, 0.25) is 5.43 Å². The van der Waals surface area contributed by atoms with Crippen molar-refractivity contribution < 1.29 is 14.6 Å². The molecule has 1 amide bonds. The smallest absolute Gasteiger partial charge is 0.275 e. The fourth-order valence-corrected chi connectivity index (χ4v) is 7.70.